The first-order valence-electron chi connectivity index (χ1n) is 10.1. The average molecular weight is 396 g/mol. The van der Waals surface area contributed by atoms with Gasteiger partial charge in [0, 0.05) is 31.7 Å². The first-order chi connectivity index (χ1) is 14.0. The van der Waals surface area contributed by atoms with Crippen LogP contribution < -0.4 is 0 Å². The van der Waals surface area contributed by atoms with Crippen LogP contribution in [-0.4, -0.2) is 62.7 Å². The van der Waals surface area contributed by atoms with Gasteiger partial charge in [-0.2, -0.15) is 4.98 Å². The van der Waals surface area contributed by atoms with Gasteiger partial charge in [0.05, 0.1) is 16.6 Å². The lowest BCUT2D eigenvalue weighted by Gasteiger charge is -2.37. The fraction of sp³-hybridized carbons (Fsp3) is 0.550. The lowest BCUT2D eigenvalue weighted by molar-refractivity contribution is 0.0488. The predicted octanol–water partition coefficient (Wildman–Crippen LogP) is 2.74. The second kappa shape index (κ2) is 6.91. The first-order valence-corrected chi connectivity index (χ1v) is 10.1. The summed E-state index contributed by atoms with van der Waals surface area (Å²) in [6, 6.07) is 1.73. The van der Waals surface area contributed by atoms with Crippen molar-refractivity contribution in [3.8, 4) is 0 Å². The smallest absolute Gasteiger partial charge is 0.257 e. The zero-order valence-corrected chi connectivity index (χ0v) is 16.8. The summed E-state index contributed by atoms with van der Waals surface area (Å²) in [6.45, 7) is 5.94. The Labute approximate surface area is 168 Å². The number of fused-ring (bicyclic) bond motifs is 1. The molecule has 0 unspecified atom stereocenters. The standard InChI is InChI=1S/C20H24N6O3/c1-11(2)16-14-8-13(9-21-18(14)28-23-16)20(27)26-7-6-25(3)15(10-26)19-22-17(24-29-19)12-4-5-12/h8-9,11-12,15H,4-7,10H2,1-3H3/t15-/m0/s1. The minimum atomic E-state index is -0.105. The molecule has 0 spiro atoms. The Balaban J connectivity index is 1.39. The highest BCUT2D eigenvalue weighted by molar-refractivity contribution is 5.97. The molecule has 0 aromatic carbocycles. The third-order valence-corrected chi connectivity index (χ3v) is 5.77. The summed E-state index contributed by atoms with van der Waals surface area (Å²) >= 11 is 0. The maximum atomic E-state index is 13.2. The topological polar surface area (TPSA) is 101 Å². The number of likely N-dealkylation sites (N-methyl/N-ethyl adjacent to an activating group) is 1. The van der Waals surface area contributed by atoms with Gasteiger partial charge in [0.2, 0.25) is 5.89 Å². The Kier molecular flexibility index (Phi) is 4.34. The number of rotatable bonds is 4. The summed E-state index contributed by atoms with van der Waals surface area (Å²) in [6.07, 6.45) is 3.81. The second-order valence-electron chi connectivity index (χ2n) is 8.31. The maximum absolute atomic E-state index is 13.2. The molecule has 5 rings (SSSR count). The number of nitrogens with zero attached hydrogens (tertiary/aromatic N) is 6. The van der Waals surface area contributed by atoms with Crippen LogP contribution in [0, 0.1) is 0 Å². The monoisotopic (exact) mass is 396 g/mol. The number of aromatic nitrogens is 4. The fourth-order valence-corrected chi connectivity index (χ4v) is 3.78. The van der Waals surface area contributed by atoms with Crippen molar-refractivity contribution in [2.24, 2.45) is 0 Å². The molecule has 4 heterocycles. The van der Waals surface area contributed by atoms with Crippen molar-refractivity contribution in [1.82, 2.24) is 30.1 Å². The SMILES string of the molecule is CC(C)c1noc2ncc(C(=O)N3CCN(C)[C@H](c4nc(C5CC5)no4)C3)cc12. The molecule has 9 nitrogen and oxygen atoms in total. The quantitative estimate of drug-likeness (QED) is 0.663. The molecule has 3 aromatic heterocycles. The Hall–Kier alpha value is -2.81. The van der Waals surface area contributed by atoms with Crippen molar-refractivity contribution in [2.45, 2.75) is 44.6 Å². The minimum absolute atomic E-state index is 0.0599. The summed E-state index contributed by atoms with van der Waals surface area (Å²) in [7, 11) is 2.02. The van der Waals surface area contributed by atoms with Gasteiger partial charge in [0.15, 0.2) is 5.82 Å². The molecule has 29 heavy (non-hydrogen) atoms. The third-order valence-electron chi connectivity index (χ3n) is 5.77. The number of piperazine rings is 1. The van der Waals surface area contributed by atoms with E-state index < -0.39 is 0 Å². The molecule has 0 bridgehead atoms. The Morgan fingerprint density at radius 2 is 2.03 bits per heavy atom. The lowest BCUT2D eigenvalue weighted by atomic mass is 10.1. The van der Waals surface area contributed by atoms with Crippen LogP contribution in [0.5, 0.6) is 0 Å². The van der Waals surface area contributed by atoms with E-state index in [1.807, 2.05) is 31.9 Å². The molecule has 152 valence electrons. The van der Waals surface area contributed by atoms with Crippen molar-refractivity contribution in [2.75, 3.05) is 26.7 Å². The van der Waals surface area contributed by atoms with Crippen LogP contribution >= 0.6 is 0 Å². The van der Waals surface area contributed by atoms with Crippen LogP contribution in [0.25, 0.3) is 11.1 Å². The van der Waals surface area contributed by atoms with Crippen molar-refractivity contribution in [3.63, 3.8) is 0 Å². The number of hydrogen-bond acceptors (Lipinski definition) is 8. The van der Waals surface area contributed by atoms with E-state index in [1.165, 1.54) is 0 Å². The van der Waals surface area contributed by atoms with Crippen LogP contribution in [0.1, 0.15) is 72.3 Å². The lowest BCUT2D eigenvalue weighted by Crippen LogP contribution is -2.49. The number of pyridine rings is 1. The molecule has 1 aliphatic carbocycles. The minimum Gasteiger partial charge on any atom is -0.338 e. The van der Waals surface area contributed by atoms with Crippen LogP contribution in [0.15, 0.2) is 21.3 Å². The molecular formula is C20H24N6O3. The summed E-state index contributed by atoms with van der Waals surface area (Å²) in [5.41, 5.74) is 1.81. The van der Waals surface area contributed by atoms with Crippen LogP contribution in [0.3, 0.4) is 0 Å². The number of amides is 1. The van der Waals surface area contributed by atoms with Gasteiger partial charge in [0.25, 0.3) is 11.6 Å². The van der Waals surface area contributed by atoms with Crippen molar-refractivity contribution < 1.29 is 13.8 Å². The Morgan fingerprint density at radius 1 is 1.21 bits per heavy atom. The normalized spacial score (nSPS) is 20.7. The maximum Gasteiger partial charge on any atom is 0.257 e. The molecule has 0 N–H and O–H groups in total. The average Bonchev–Trinajstić information content (AvgIpc) is 3.29. The van der Waals surface area contributed by atoms with E-state index in [9.17, 15) is 4.79 Å². The summed E-state index contributed by atoms with van der Waals surface area (Å²) in [5.74, 6) is 1.95. The van der Waals surface area contributed by atoms with Crippen LogP contribution in [-0.2, 0) is 0 Å². The zero-order valence-electron chi connectivity index (χ0n) is 16.8. The Bertz CT molecular complexity index is 1050. The van der Waals surface area contributed by atoms with Gasteiger partial charge in [-0.05, 0) is 31.9 Å². The van der Waals surface area contributed by atoms with Crippen molar-refractivity contribution in [3.05, 3.63) is 35.2 Å². The fourth-order valence-electron chi connectivity index (χ4n) is 3.78. The molecule has 1 saturated carbocycles. The number of hydrogen-bond donors (Lipinski definition) is 0. The third kappa shape index (κ3) is 3.29. The van der Waals surface area contributed by atoms with Gasteiger partial charge >= 0.3 is 0 Å². The van der Waals surface area contributed by atoms with Gasteiger partial charge in [0.1, 0.15) is 6.04 Å². The molecule has 2 fully saturated rings. The van der Waals surface area contributed by atoms with Gasteiger partial charge in [-0.1, -0.05) is 24.2 Å². The zero-order chi connectivity index (χ0) is 20.1. The van der Waals surface area contributed by atoms with Gasteiger partial charge in [-0.15, -0.1) is 0 Å². The largest absolute Gasteiger partial charge is 0.338 e. The highest BCUT2D eigenvalue weighted by atomic mass is 16.5. The molecule has 1 saturated heterocycles. The molecule has 1 amide bonds. The predicted molar refractivity (Wildman–Crippen MR) is 103 cm³/mol. The van der Waals surface area contributed by atoms with E-state index in [1.54, 1.807) is 6.20 Å². The van der Waals surface area contributed by atoms with Crippen LogP contribution in [0.2, 0.25) is 0 Å². The summed E-state index contributed by atoms with van der Waals surface area (Å²) < 4.78 is 10.8. The van der Waals surface area contributed by atoms with Gasteiger partial charge < -0.3 is 13.9 Å². The molecule has 2 aliphatic rings. The second-order valence-corrected chi connectivity index (χ2v) is 8.31. The molecule has 0 radical (unpaired) electrons. The molecule has 1 atom stereocenters. The first kappa shape index (κ1) is 18.2. The molecule has 3 aromatic rings. The van der Waals surface area contributed by atoms with E-state index in [-0.39, 0.29) is 17.9 Å². The van der Waals surface area contributed by atoms with E-state index in [0.29, 0.717) is 36.2 Å². The summed E-state index contributed by atoms with van der Waals surface area (Å²) in [4.78, 5) is 26.1. The van der Waals surface area contributed by atoms with E-state index in [0.717, 1.165) is 36.3 Å². The summed E-state index contributed by atoms with van der Waals surface area (Å²) in [5, 5.41) is 9.02. The van der Waals surface area contributed by atoms with Crippen molar-refractivity contribution in [1.29, 1.82) is 0 Å². The van der Waals surface area contributed by atoms with Crippen LogP contribution in [0.4, 0.5) is 0 Å². The molecular weight excluding hydrogens is 372 g/mol. The van der Waals surface area contributed by atoms with Gasteiger partial charge in [-0.3, -0.25) is 9.69 Å². The number of carbonyl (C=O) groups is 1. The van der Waals surface area contributed by atoms with E-state index >= 15 is 0 Å². The highest BCUT2D eigenvalue weighted by Crippen LogP contribution is 2.39. The van der Waals surface area contributed by atoms with E-state index in [2.05, 4.69) is 25.2 Å². The number of carbonyl (C=O) groups excluding carboxylic acids is 1. The molecule has 9 heteroatoms. The van der Waals surface area contributed by atoms with Crippen molar-refractivity contribution >= 4 is 17.0 Å². The molecule has 1 aliphatic heterocycles. The van der Waals surface area contributed by atoms with E-state index in [4.69, 9.17) is 9.05 Å². The highest BCUT2D eigenvalue weighted by Gasteiger charge is 2.35. The van der Waals surface area contributed by atoms with Gasteiger partial charge in [-0.25, -0.2) is 4.98 Å². The Morgan fingerprint density at radius 3 is 2.79 bits per heavy atom.